The van der Waals surface area contributed by atoms with Gasteiger partial charge < -0.3 is 4.98 Å². The molecule has 148 valence electrons. The van der Waals surface area contributed by atoms with Gasteiger partial charge in [0.15, 0.2) is 0 Å². The molecular formula is C22H17N5O3. The van der Waals surface area contributed by atoms with Crippen LogP contribution in [0.5, 0.6) is 0 Å². The SMILES string of the molecule is Cc1ccc2nc(-c3ccc(C(=O)N/N=C/c4ccc([N+](=O)[O-])cc4)cc3)[nH]c2c1. The van der Waals surface area contributed by atoms with Crippen LogP contribution in [-0.4, -0.2) is 27.0 Å². The minimum atomic E-state index is -0.473. The molecule has 0 saturated carbocycles. The predicted molar refractivity (Wildman–Crippen MR) is 114 cm³/mol. The lowest BCUT2D eigenvalue weighted by Gasteiger charge is -2.01. The summed E-state index contributed by atoms with van der Waals surface area (Å²) in [6, 6.07) is 18.9. The number of benzene rings is 3. The number of hydrogen-bond acceptors (Lipinski definition) is 5. The molecule has 8 heteroatoms. The lowest BCUT2D eigenvalue weighted by Crippen LogP contribution is -2.17. The Morgan fingerprint density at radius 2 is 1.83 bits per heavy atom. The van der Waals surface area contributed by atoms with E-state index in [2.05, 4.69) is 20.5 Å². The van der Waals surface area contributed by atoms with Gasteiger partial charge in [-0.2, -0.15) is 5.10 Å². The fourth-order valence-electron chi connectivity index (χ4n) is 2.95. The minimum absolute atomic E-state index is 0.00383. The summed E-state index contributed by atoms with van der Waals surface area (Å²) in [5.74, 6) is 0.374. The minimum Gasteiger partial charge on any atom is -0.338 e. The quantitative estimate of drug-likeness (QED) is 0.297. The number of nitrogens with zero attached hydrogens (tertiary/aromatic N) is 3. The van der Waals surface area contributed by atoms with Crippen molar-refractivity contribution in [3.8, 4) is 11.4 Å². The van der Waals surface area contributed by atoms with E-state index in [4.69, 9.17) is 0 Å². The van der Waals surface area contributed by atoms with Crippen molar-refractivity contribution >= 4 is 28.8 Å². The van der Waals surface area contributed by atoms with Crippen molar-refractivity contribution in [2.45, 2.75) is 6.92 Å². The van der Waals surface area contributed by atoms with Crippen LogP contribution in [-0.2, 0) is 0 Å². The highest BCUT2D eigenvalue weighted by molar-refractivity contribution is 5.95. The molecular weight excluding hydrogens is 382 g/mol. The van der Waals surface area contributed by atoms with E-state index >= 15 is 0 Å². The number of aromatic nitrogens is 2. The van der Waals surface area contributed by atoms with Crippen LogP contribution in [0.4, 0.5) is 5.69 Å². The van der Waals surface area contributed by atoms with Gasteiger partial charge in [-0.15, -0.1) is 0 Å². The first-order chi connectivity index (χ1) is 14.5. The number of carbonyl (C=O) groups excluding carboxylic acids is 1. The molecule has 4 rings (SSSR count). The number of aromatic amines is 1. The van der Waals surface area contributed by atoms with Gasteiger partial charge in [0, 0.05) is 23.3 Å². The molecule has 1 amide bonds. The van der Waals surface area contributed by atoms with Crippen molar-refractivity contribution in [2.75, 3.05) is 0 Å². The molecule has 0 atom stereocenters. The van der Waals surface area contributed by atoms with Gasteiger partial charge in [0.05, 0.1) is 22.2 Å². The lowest BCUT2D eigenvalue weighted by atomic mass is 10.1. The Hall–Kier alpha value is -4.33. The van der Waals surface area contributed by atoms with E-state index in [1.165, 1.54) is 18.3 Å². The van der Waals surface area contributed by atoms with Crippen molar-refractivity contribution in [1.82, 2.24) is 15.4 Å². The summed E-state index contributed by atoms with van der Waals surface area (Å²) in [7, 11) is 0. The number of rotatable bonds is 5. The van der Waals surface area contributed by atoms with E-state index in [9.17, 15) is 14.9 Å². The molecule has 2 N–H and O–H groups in total. The number of H-pyrrole nitrogens is 1. The molecule has 0 radical (unpaired) electrons. The third-order valence-electron chi connectivity index (χ3n) is 4.54. The summed E-state index contributed by atoms with van der Waals surface area (Å²) in [6.45, 7) is 2.03. The first kappa shape index (κ1) is 19.0. The lowest BCUT2D eigenvalue weighted by molar-refractivity contribution is -0.384. The van der Waals surface area contributed by atoms with E-state index in [0.717, 1.165) is 28.0 Å². The van der Waals surface area contributed by atoms with Gasteiger partial charge in [-0.25, -0.2) is 10.4 Å². The van der Waals surface area contributed by atoms with E-state index in [1.807, 2.05) is 37.3 Å². The molecule has 0 spiro atoms. The third-order valence-corrected chi connectivity index (χ3v) is 4.54. The van der Waals surface area contributed by atoms with Crippen LogP contribution in [0.1, 0.15) is 21.5 Å². The van der Waals surface area contributed by atoms with Gasteiger partial charge in [-0.1, -0.05) is 18.2 Å². The highest BCUT2D eigenvalue weighted by atomic mass is 16.6. The molecule has 8 nitrogen and oxygen atoms in total. The summed E-state index contributed by atoms with van der Waals surface area (Å²) in [5.41, 5.74) is 7.40. The summed E-state index contributed by atoms with van der Waals surface area (Å²) in [6.07, 6.45) is 1.42. The molecule has 0 bridgehead atoms. The maximum atomic E-state index is 12.3. The fourth-order valence-corrected chi connectivity index (χ4v) is 2.95. The van der Waals surface area contributed by atoms with E-state index in [-0.39, 0.29) is 11.6 Å². The number of hydrazone groups is 1. The van der Waals surface area contributed by atoms with E-state index in [1.54, 1.807) is 24.3 Å². The molecule has 0 saturated heterocycles. The first-order valence-electron chi connectivity index (χ1n) is 9.14. The molecule has 0 aliphatic heterocycles. The average molecular weight is 399 g/mol. The van der Waals surface area contributed by atoms with Crippen molar-refractivity contribution in [2.24, 2.45) is 5.10 Å². The zero-order chi connectivity index (χ0) is 21.1. The van der Waals surface area contributed by atoms with Crippen LogP contribution in [0.25, 0.3) is 22.4 Å². The number of nitro benzene ring substituents is 1. The molecule has 0 aliphatic rings. The topological polar surface area (TPSA) is 113 Å². The van der Waals surface area contributed by atoms with Crippen LogP contribution in [0.2, 0.25) is 0 Å². The van der Waals surface area contributed by atoms with Crippen molar-refractivity contribution < 1.29 is 9.72 Å². The second-order valence-electron chi connectivity index (χ2n) is 6.73. The van der Waals surface area contributed by atoms with E-state index < -0.39 is 4.92 Å². The van der Waals surface area contributed by atoms with Crippen molar-refractivity contribution in [3.63, 3.8) is 0 Å². The molecule has 3 aromatic carbocycles. The van der Waals surface area contributed by atoms with Gasteiger partial charge in [-0.3, -0.25) is 14.9 Å². The second-order valence-corrected chi connectivity index (χ2v) is 6.73. The van der Waals surface area contributed by atoms with Crippen LogP contribution >= 0.6 is 0 Å². The Labute approximate surface area is 171 Å². The van der Waals surface area contributed by atoms with Gasteiger partial charge >= 0.3 is 0 Å². The smallest absolute Gasteiger partial charge is 0.271 e. The molecule has 0 unspecified atom stereocenters. The number of non-ortho nitro benzene ring substituents is 1. The van der Waals surface area contributed by atoms with Crippen LogP contribution in [0.3, 0.4) is 0 Å². The van der Waals surface area contributed by atoms with Crippen LogP contribution < -0.4 is 5.43 Å². The van der Waals surface area contributed by atoms with Crippen LogP contribution in [0, 0.1) is 17.0 Å². The largest absolute Gasteiger partial charge is 0.338 e. The maximum absolute atomic E-state index is 12.3. The Morgan fingerprint density at radius 1 is 1.10 bits per heavy atom. The molecule has 0 fully saturated rings. The number of hydrogen-bond donors (Lipinski definition) is 2. The Kier molecular flexibility index (Phi) is 5.04. The summed E-state index contributed by atoms with van der Waals surface area (Å²) >= 11 is 0. The zero-order valence-electron chi connectivity index (χ0n) is 16.0. The molecule has 0 aliphatic carbocycles. The van der Waals surface area contributed by atoms with Gasteiger partial charge in [0.1, 0.15) is 5.82 Å². The number of aryl methyl sites for hydroxylation is 1. The fraction of sp³-hybridized carbons (Fsp3) is 0.0455. The predicted octanol–water partition coefficient (Wildman–Crippen LogP) is 4.21. The average Bonchev–Trinajstić information content (AvgIpc) is 3.17. The van der Waals surface area contributed by atoms with Gasteiger partial charge in [-0.05, 0) is 54.4 Å². The van der Waals surface area contributed by atoms with Gasteiger partial charge in [0.2, 0.25) is 0 Å². The maximum Gasteiger partial charge on any atom is 0.271 e. The highest BCUT2D eigenvalue weighted by Gasteiger charge is 2.08. The molecule has 1 aromatic heterocycles. The second kappa shape index (κ2) is 7.96. The van der Waals surface area contributed by atoms with E-state index in [0.29, 0.717) is 11.1 Å². The number of carbonyl (C=O) groups is 1. The first-order valence-corrected chi connectivity index (χ1v) is 9.14. The number of imidazole rings is 1. The summed E-state index contributed by atoms with van der Waals surface area (Å²) in [4.78, 5) is 30.3. The Balaban J connectivity index is 1.42. The van der Waals surface area contributed by atoms with Crippen molar-refractivity contribution in [1.29, 1.82) is 0 Å². The number of nitro groups is 1. The standard InChI is InChI=1S/C22H17N5O3/c1-14-2-11-19-20(12-14)25-21(24-19)16-5-7-17(8-6-16)22(28)26-23-13-15-3-9-18(10-4-15)27(29)30/h2-13H,1H3,(H,24,25)(H,26,28)/b23-13+. The molecule has 30 heavy (non-hydrogen) atoms. The Morgan fingerprint density at radius 3 is 2.53 bits per heavy atom. The third kappa shape index (κ3) is 4.07. The highest BCUT2D eigenvalue weighted by Crippen LogP contribution is 2.21. The monoisotopic (exact) mass is 399 g/mol. The summed E-state index contributed by atoms with van der Waals surface area (Å²) < 4.78 is 0. The molecule has 4 aromatic rings. The zero-order valence-corrected chi connectivity index (χ0v) is 16.0. The Bertz CT molecular complexity index is 1260. The van der Waals surface area contributed by atoms with Gasteiger partial charge in [0.25, 0.3) is 11.6 Å². The number of nitrogens with one attached hydrogen (secondary N) is 2. The number of amides is 1. The van der Waals surface area contributed by atoms with Crippen LogP contribution in [0.15, 0.2) is 71.8 Å². The molecule has 1 heterocycles. The number of fused-ring (bicyclic) bond motifs is 1. The normalized spacial score (nSPS) is 11.1. The van der Waals surface area contributed by atoms with Crippen molar-refractivity contribution in [3.05, 3.63) is 93.5 Å². The summed E-state index contributed by atoms with van der Waals surface area (Å²) in [5, 5.41) is 14.6.